The number of hydrogen-bond donors (Lipinski definition) is 2. The first kappa shape index (κ1) is 12.9. The van der Waals surface area contributed by atoms with E-state index in [1.54, 1.807) is 0 Å². The molecule has 0 bridgehead atoms. The molecule has 90 valence electrons. The van der Waals surface area contributed by atoms with E-state index in [0.717, 1.165) is 19.4 Å². The van der Waals surface area contributed by atoms with Gasteiger partial charge in [-0.2, -0.15) is 0 Å². The van der Waals surface area contributed by atoms with Crippen molar-refractivity contribution >= 4 is 0 Å². The van der Waals surface area contributed by atoms with Gasteiger partial charge in [-0.15, -0.1) is 0 Å². The average Bonchev–Trinajstić information content (AvgIpc) is 2.06. The molecule has 0 aliphatic heterocycles. The molecule has 1 unspecified atom stereocenters. The molecule has 0 heterocycles. The number of aliphatic hydroxyl groups is 1. The fourth-order valence-corrected chi connectivity index (χ4v) is 1.76. The maximum Gasteiger partial charge on any atom is 0.0612 e. The minimum atomic E-state index is -0.0198. The van der Waals surface area contributed by atoms with Crippen LogP contribution >= 0.6 is 0 Å². The number of aliphatic hydroxyl groups excluding tert-OH is 1. The summed E-state index contributed by atoms with van der Waals surface area (Å²) in [4.78, 5) is 0. The Morgan fingerprint density at radius 2 is 2.00 bits per heavy atom. The van der Waals surface area contributed by atoms with Gasteiger partial charge in [0.2, 0.25) is 0 Å². The maximum absolute atomic E-state index is 8.88. The second-order valence-electron chi connectivity index (χ2n) is 5.72. The molecule has 0 aromatic rings. The van der Waals surface area contributed by atoms with Gasteiger partial charge in [0.15, 0.2) is 0 Å². The topological polar surface area (TPSA) is 41.5 Å². The summed E-state index contributed by atoms with van der Waals surface area (Å²) in [5, 5.41) is 12.3. The summed E-state index contributed by atoms with van der Waals surface area (Å²) >= 11 is 0. The molecule has 3 nitrogen and oxygen atoms in total. The van der Waals surface area contributed by atoms with Crippen LogP contribution in [0.25, 0.3) is 0 Å². The molecule has 1 rings (SSSR count). The third-order valence-electron chi connectivity index (χ3n) is 2.68. The Balaban J connectivity index is 2.05. The fourth-order valence-electron chi connectivity index (χ4n) is 1.76. The molecule has 1 atom stereocenters. The second kappa shape index (κ2) is 5.28. The zero-order valence-corrected chi connectivity index (χ0v) is 10.4. The van der Waals surface area contributed by atoms with Crippen LogP contribution in [-0.4, -0.2) is 36.0 Å². The van der Waals surface area contributed by atoms with Crippen molar-refractivity contribution in [2.45, 2.75) is 58.3 Å². The van der Waals surface area contributed by atoms with E-state index in [-0.39, 0.29) is 12.2 Å². The Morgan fingerprint density at radius 1 is 1.40 bits per heavy atom. The van der Waals surface area contributed by atoms with Gasteiger partial charge in [-0.1, -0.05) is 6.92 Å². The van der Waals surface area contributed by atoms with Crippen molar-refractivity contribution in [2.24, 2.45) is 5.92 Å². The van der Waals surface area contributed by atoms with Crippen molar-refractivity contribution < 1.29 is 9.84 Å². The Morgan fingerprint density at radius 3 is 2.47 bits per heavy atom. The molecule has 0 amide bonds. The molecular formula is C12H25NO2. The van der Waals surface area contributed by atoms with E-state index in [1.165, 1.54) is 0 Å². The molecule has 1 aliphatic rings. The molecule has 0 radical (unpaired) electrons. The Hall–Kier alpha value is -0.120. The molecule has 15 heavy (non-hydrogen) atoms. The minimum Gasteiger partial charge on any atom is -0.396 e. The Bertz CT molecular complexity index is 183. The van der Waals surface area contributed by atoms with Crippen LogP contribution in [0.15, 0.2) is 0 Å². The number of ether oxygens (including phenoxy) is 1. The van der Waals surface area contributed by atoms with Gasteiger partial charge in [0.25, 0.3) is 0 Å². The van der Waals surface area contributed by atoms with Crippen LogP contribution in [0, 0.1) is 5.92 Å². The third-order valence-corrected chi connectivity index (χ3v) is 2.68. The zero-order chi connectivity index (χ0) is 11.5. The number of rotatable bonds is 5. The molecule has 3 heteroatoms. The van der Waals surface area contributed by atoms with Crippen LogP contribution in [0.4, 0.5) is 0 Å². The molecule has 0 aromatic carbocycles. The van der Waals surface area contributed by atoms with Gasteiger partial charge in [0.05, 0.1) is 11.7 Å². The SMILES string of the molecule is CC(CO)CNC1CC(OC(C)(C)C)C1. The first-order valence-corrected chi connectivity index (χ1v) is 5.93. The van der Waals surface area contributed by atoms with Crippen LogP contribution in [0.1, 0.15) is 40.5 Å². The summed E-state index contributed by atoms with van der Waals surface area (Å²) in [6.45, 7) is 9.52. The highest BCUT2D eigenvalue weighted by Gasteiger charge is 2.32. The van der Waals surface area contributed by atoms with Gasteiger partial charge in [-0.05, 0) is 39.5 Å². The molecule has 1 fully saturated rings. The van der Waals surface area contributed by atoms with Gasteiger partial charge >= 0.3 is 0 Å². The monoisotopic (exact) mass is 215 g/mol. The fraction of sp³-hybridized carbons (Fsp3) is 1.00. The number of nitrogens with one attached hydrogen (secondary N) is 1. The normalized spacial score (nSPS) is 28.6. The molecular weight excluding hydrogens is 190 g/mol. The smallest absolute Gasteiger partial charge is 0.0612 e. The van der Waals surface area contributed by atoms with Crippen LogP contribution in [-0.2, 0) is 4.74 Å². The molecule has 1 saturated carbocycles. The quantitative estimate of drug-likeness (QED) is 0.731. The summed E-state index contributed by atoms with van der Waals surface area (Å²) in [7, 11) is 0. The summed E-state index contributed by atoms with van der Waals surface area (Å²) in [6, 6.07) is 0.589. The van der Waals surface area contributed by atoms with Crippen LogP contribution in [0.2, 0.25) is 0 Å². The van der Waals surface area contributed by atoms with Crippen LogP contribution in [0.3, 0.4) is 0 Å². The van der Waals surface area contributed by atoms with Crippen molar-refractivity contribution in [3.63, 3.8) is 0 Å². The van der Waals surface area contributed by atoms with Crippen molar-refractivity contribution in [2.75, 3.05) is 13.2 Å². The van der Waals surface area contributed by atoms with E-state index in [0.29, 0.717) is 18.1 Å². The van der Waals surface area contributed by atoms with Crippen molar-refractivity contribution in [3.05, 3.63) is 0 Å². The highest BCUT2D eigenvalue weighted by molar-refractivity contribution is 4.87. The lowest BCUT2D eigenvalue weighted by Crippen LogP contribution is -2.48. The lowest BCUT2D eigenvalue weighted by Gasteiger charge is -2.40. The zero-order valence-electron chi connectivity index (χ0n) is 10.4. The van der Waals surface area contributed by atoms with E-state index in [9.17, 15) is 0 Å². The Kier molecular flexibility index (Phi) is 4.56. The molecule has 0 spiro atoms. The molecule has 0 aromatic heterocycles. The van der Waals surface area contributed by atoms with Gasteiger partial charge in [-0.3, -0.25) is 0 Å². The average molecular weight is 215 g/mol. The Labute approximate surface area is 93.2 Å². The van der Waals surface area contributed by atoms with Crippen molar-refractivity contribution in [1.82, 2.24) is 5.32 Å². The second-order valence-corrected chi connectivity index (χ2v) is 5.72. The predicted octanol–water partition coefficient (Wildman–Crippen LogP) is 1.55. The highest BCUT2D eigenvalue weighted by atomic mass is 16.5. The standard InChI is InChI=1S/C12H25NO2/c1-9(8-14)7-13-10-5-11(6-10)15-12(2,3)4/h9-11,13-14H,5-8H2,1-4H3. The summed E-state index contributed by atoms with van der Waals surface area (Å²) in [5.41, 5.74) is -0.0198. The van der Waals surface area contributed by atoms with E-state index < -0.39 is 0 Å². The van der Waals surface area contributed by atoms with Gasteiger partial charge in [0.1, 0.15) is 0 Å². The van der Waals surface area contributed by atoms with E-state index in [1.807, 2.05) is 0 Å². The maximum atomic E-state index is 8.88. The van der Waals surface area contributed by atoms with Crippen LogP contribution < -0.4 is 5.32 Å². The minimum absolute atomic E-state index is 0.0198. The lowest BCUT2D eigenvalue weighted by atomic mass is 9.88. The summed E-state index contributed by atoms with van der Waals surface area (Å²) in [5.74, 6) is 0.354. The predicted molar refractivity (Wildman–Crippen MR) is 61.9 cm³/mol. The van der Waals surface area contributed by atoms with E-state index in [2.05, 4.69) is 33.0 Å². The van der Waals surface area contributed by atoms with Gasteiger partial charge in [-0.25, -0.2) is 0 Å². The van der Waals surface area contributed by atoms with E-state index in [4.69, 9.17) is 9.84 Å². The van der Waals surface area contributed by atoms with E-state index >= 15 is 0 Å². The van der Waals surface area contributed by atoms with Crippen molar-refractivity contribution in [3.8, 4) is 0 Å². The largest absolute Gasteiger partial charge is 0.396 e. The molecule has 0 saturated heterocycles. The van der Waals surface area contributed by atoms with Gasteiger partial charge < -0.3 is 15.2 Å². The molecule has 2 N–H and O–H groups in total. The van der Waals surface area contributed by atoms with Crippen molar-refractivity contribution in [1.29, 1.82) is 0 Å². The lowest BCUT2D eigenvalue weighted by molar-refractivity contribution is -0.102. The van der Waals surface area contributed by atoms with Gasteiger partial charge in [0, 0.05) is 19.2 Å². The third kappa shape index (κ3) is 4.96. The summed E-state index contributed by atoms with van der Waals surface area (Å²) < 4.78 is 5.85. The molecule has 1 aliphatic carbocycles. The number of hydrogen-bond acceptors (Lipinski definition) is 3. The van der Waals surface area contributed by atoms with Crippen LogP contribution in [0.5, 0.6) is 0 Å². The summed E-state index contributed by atoms with van der Waals surface area (Å²) in [6.07, 6.45) is 2.64. The highest BCUT2D eigenvalue weighted by Crippen LogP contribution is 2.27. The first-order valence-electron chi connectivity index (χ1n) is 5.93. The first-order chi connectivity index (χ1) is 6.90.